The van der Waals surface area contributed by atoms with Crippen molar-refractivity contribution in [2.45, 2.75) is 6.42 Å². The van der Waals surface area contributed by atoms with Crippen LogP contribution in [0.5, 0.6) is 0 Å². The average Bonchev–Trinajstić information content (AvgIpc) is 3.12. The van der Waals surface area contributed by atoms with Gasteiger partial charge >= 0.3 is 0 Å². The zero-order valence-corrected chi connectivity index (χ0v) is 18.0. The van der Waals surface area contributed by atoms with Crippen LogP contribution in [0.15, 0.2) is 72.8 Å². The summed E-state index contributed by atoms with van der Waals surface area (Å²) in [7, 11) is 4.09. The lowest BCUT2D eigenvalue weighted by Crippen LogP contribution is -2.15. The molecule has 0 saturated carbocycles. The molecule has 1 heterocycles. The van der Waals surface area contributed by atoms with Crippen LogP contribution in [0.3, 0.4) is 0 Å². The van der Waals surface area contributed by atoms with Gasteiger partial charge in [0, 0.05) is 35.6 Å². The summed E-state index contributed by atoms with van der Waals surface area (Å²) in [5, 5.41) is 17.5. The van der Waals surface area contributed by atoms with Crippen molar-refractivity contribution in [3.05, 3.63) is 99.6 Å². The largest absolute Gasteiger partial charge is 0.354 e. The Morgan fingerprint density at radius 1 is 1.03 bits per heavy atom. The van der Waals surface area contributed by atoms with Crippen LogP contribution in [-0.4, -0.2) is 36.4 Å². The molecular formula is C25H24N4O3. The Bertz CT molecular complexity index is 1190. The predicted molar refractivity (Wildman–Crippen MR) is 127 cm³/mol. The number of benzene rings is 3. The molecule has 0 saturated heterocycles. The molecule has 0 atom stereocenters. The summed E-state index contributed by atoms with van der Waals surface area (Å²) >= 11 is 0. The van der Waals surface area contributed by atoms with E-state index in [0.717, 1.165) is 24.2 Å². The fourth-order valence-corrected chi connectivity index (χ4v) is 3.65. The van der Waals surface area contributed by atoms with Gasteiger partial charge < -0.3 is 15.5 Å². The highest BCUT2D eigenvalue weighted by Gasteiger charge is 2.30. The molecule has 0 unspecified atom stereocenters. The SMILES string of the molecule is CN(C)CCc1ccc(N/C(=C2\C(=O)Nc3ccc([N+](=O)[O-])cc32)c2ccccc2)cc1. The molecule has 32 heavy (non-hydrogen) atoms. The van der Waals surface area contributed by atoms with E-state index in [2.05, 4.69) is 27.7 Å². The molecule has 0 aromatic heterocycles. The normalized spacial score (nSPS) is 14.2. The van der Waals surface area contributed by atoms with Gasteiger partial charge in [-0.15, -0.1) is 0 Å². The number of rotatable bonds is 7. The number of amides is 1. The van der Waals surface area contributed by atoms with Gasteiger partial charge in [-0.05, 0) is 49.8 Å². The number of hydrogen-bond acceptors (Lipinski definition) is 5. The number of hydrogen-bond donors (Lipinski definition) is 2. The molecule has 2 N–H and O–H groups in total. The van der Waals surface area contributed by atoms with Crippen molar-refractivity contribution in [1.82, 2.24) is 4.90 Å². The van der Waals surface area contributed by atoms with Gasteiger partial charge in [-0.3, -0.25) is 14.9 Å². The number of non-ortho nitro benzene ring substituents is 1. The topological polar surface area (TPSA) is 87.5 Å². The van der Waals surface area contributed by atoms with E-state index in [1.807, 2.05) is 56.6 Å². The summed E-state index contributed by atoms with van der Waals surface area (Å²) < 4.78 is 0. The van der Waals surface area contributed by atoms with Crippen molar-refractivity contribution in [1.29, 1.82) is 0 Å². The monoisotopic (exact) mass is 428 g/mol. The number of carbonyl (C=O) groups is 1. The van der Waals surface area contributed by atoms with Crippen LogP contribution in [0.4, 0.5) is 17.1 Å². The third-order valence-corrected chi connectivity index (χ3v) is 5.34. The molecule has 0 radical (unpaired) electrons. The average molecular weight is 428 g/mol. The standard InChI is InChI=1S/C25H24N4O3/c1-28(2)15-14-17-8-10-19(11-9-17)26-24(18-6-4-3-5-7-18)23-21-16-20(29(31)32)12-13-22(21)27-25(23)30/h3-13,16,26H,14-15H2,1-2H3,(H,27,30)/b24-23-. The van der Waals surface area contributed by atoms with Crippen LogP contribution in [0.2, 0.25) is 0 Å². The maximum atomic E-state index is 12.9. The zero-order valence-electron chi connectivity index (χ0n) is 18.0. The smallest absolute Gasteiger partial charge is 0.270 e. The summed E-state index contributed by atoms with van der Waals surface area (Å²) in [6, 6.07) is 22.0. The van der Waals surface area contributed by atoms with Crippen LogP contribution >= 0.6 is 0 Å². The summed E-state index contributed by atoms with van der Waals surface area (Å²) in [6.45, 7) is 0.960. The Labute approximate surface area is 186 Å². The number of nitrogens with one attached hydrogen (secondary N) is 2. The van der Waals surface area contributed by atoms with Gasteiger partial charge in [0.15, 0.2) is 0 Å². The van der Waals surface area contributed by atoms with E-state index in [4.69, 9.17) is 0 Å². The Hall–Kier alpha value is -3.97. The summed E-state index contributed by atoms with van der Waals surface area (Å²) in [5.41, 5.74) is 4.86. The molecule has 3 aromatic carbocycles. The van der Waals surface area contributed by atoms with E-state index >= 15 is 0 Å². The second-order valence-electron chi connectivity index (χ2n) is 7.93. The van der Waals surface area contributed by atoms with Crippen LogP contribution in [-0.2, 0) is 11.2 Å². The first kappa shape index (κ1) is 21.3. The van der Waals surface area contributed by atoms with Crippen molar-refractivity contribution in [3.63, 3.8) is 0 Å². The minimum Gasteiger partial charge on any atom is -0.354 e. The Kier molecular flexibility index (Phi) is 6.00. The Balaban J connectivity index is 1.76. The fraction of sp³-hybridized carbons (Fsp3) is 0.160. The molecule has 1 aliphatic heterocycles. The molecular weight excluding hydrogens is 404 g/mol. The van der Waals surface area contributed by atoms with Gasteiger partial charge in [-0.1, -0.05) is 42.5 Å². The molecule has 1 aliphatic rings. The van der Waals surface area contributed by atoms with Crippen LogP contribution in [0.1, 0.15) is 16.7 Å². The lowest BCUT2D eigenvalue weighted by Gasteiger charge is -2.15. The number of nitro groups is 1. The summed E-state index contributed by atoms with van der Waals surface area (Å²) in [4.78, 5) is 25.9. The number of carbonyl (C=O) groups excluding carboxylic acids is 1. The van der Waals surface area contributed by atoms with E-state index in [-0.39, 0.29) is 11.6 Å². The number of fused-ring (bicyclic) bond motifs is 1. The maximum Gasteiger partial charge on any atom is 0.270 e. The third-order valence-electron chi connectivity index (χ3n) is 5.34. The molecule has 162 valence electrons. The summed E-state index contributed by atoms with van der Waals surface area (Å²) in [5.74, 6) is -0.297. The maximum absolute atomic E-state index is 12.9. The second kappa shape index (κ2) is 9.03. The third kappa shape index (κ3) is 4.53. The molecule has 0 aliphatic carbocycles. The second-order valence-corrected chi connectivity index (χ2v) is 7.93. The minimum absolute atomic E-state index is 0.0598. The first-order valence-corrected chi connectivity index (χ1v) is 10.3. The zero-order chi connectivity index (χ0) is 22.7. The number of anilines is 2. The van der Waals surface area contributed by atoms with Crippen molar-refractivity contribution < 1.29 is 9.72 Å². The number of nitro benzene ring substituents is 1. The van der Waals surface area contributed by atoms with E-state index < -0.39 is 4.92 Å². The van der Waals surface area contributed by atoms with Crippen molar-refractivity contribution in [3.8, 4) is 0 Å². The van der Waals surface area contributed by atoms with E-state index in [9.17, 15) is 14.9 Å². The Morgan fingerprint density at radius 3 is 2.41 bits per heavy atom. The van der Waals surface area contributed by atoms with Crippen molar-refractivity contribution in [2.24, 2.45) is 0 Å². The van der Waals surface area contributed by atoms with Crippen molar-refractivity contribution in [2.75, 3.05) is 31.3 Å². The quantitative estimate of drug-likeness (QED) is 0.325. The van der Waals surface area contributed by atoms with Gasteiger partial charge in [0.25, 0.3) is 11.6 Å². The number of nitrogens with zero attached hydrogens (tertiary/aromatic N) is 2. The molecule has 7 heteroatoms. The minimum atomic E-state index is -0.456. The number of likely N-dealkylation sites (N-methyl/N-ethyl adjacent to an activating group) is 1. The first-order valence-electron chi connectivity index (χ1n) is 10.3. The van der Waals surface area contributed by atoms with E-state index in [0.29, 0.717) is 22.5 Å². The van der Waals surface area contributed by atoms with Gasteiger partial charge in [-0.25, -0.2) is 0 Å². The molecule has 0 spiro atoms. The molecule has 0 bridgehead atoms. The van der Waals surface area contributed by atoms with Crippen molar-refractivity contribution >= 4 is 34.2 Å². The molecule has 1 amide bonds. The van der Waals surface area contributed by atoms with Crippen LogP contribution < -0.4 is 10.6 Å². The first-order chi connectivity index (χ1) is 15.4. The molecule has 0 fully saturated rings. The van der Waals surface area contributed by atoms with Gasteiger partial charge in [-0.2, -0.15) is 0 Å². The Morgan fingerprint density at radius 2 is 1.75 bits per heavy atom. The highest BCUT2D eigenvalue weighted by Crippen LogP contribution is 2.39. The van der Waals surface area contributed by atoms with Crippen LogP contribution in [0, 0.1) is 10.1 Å². The van der Waals surface area contributed by atoms with E-state index in [1.54, 1.807) is 6.07 Å². The predicted octanol–water partition coefficient (Wildman–Crippen LogP) is 4.63. The lowest BCUT2D eigenvalue weighted by molar-refractivity contribution is -0.384. The van der Waals surface area contributed by atoms with Crippen LogP contribution in [0.25, 0.3) is 11.3 Å². The van der Waals surface area contributed by atoms with Gasteiger partial charge in [0.1, 0.15) is 0 Å². The highest BCUT2D eigenvalue weighted by molar-refractivity contribution is 6.37. The molecule has 4 rings (SSSR count). The molecule has 3 aromatic rings. The molecule has 7 nitrogen and oxygen atoms in total. The van der Waals surface area contributed by atoms with Gasteiger partial charge in [0.2, 0.25) is 0 Å². The fourth-order valence-electron chi connectivity index (χ4n) is 3.65. The highest BCUT2D eigenvalue weighted by atomic mass is 16.6. The van der Waals surface area contributed by atoms with E-state index in [1.165, 1.54) is 17.7 Å². The van der Waals surface area contributed by atoms with Gasteiger partial charge in [0.05, 0.1) is 16.2 Å². The summed E-state index contributed by atoms with van der Waals surface area (Å²) in [6.07, 6.45) is 0.944. The lowest BCUT2D eigenvalue weighted by atomic mass is 9.99.